The van der Waals surface area contributed by atoms with Gasteiger partial charge in [0, 0.05) is 13.2 Å². The summed E-state index contributed by atoms with van der Waals surface area (Å²) in [6, 6.07) is 6.44. The molecular formula is C14H20N4. The number of aryl methyl sites for hydroxylation is 3. The summed E-state index contributed by atoms with van der Waals surface area (Å²) in [6.45, 7) is 4.24. The van der Waals surface area contributed by atoms with Crippen LogP contribution < -0.4 is 11.3 Å². The molecule has 3 N–H and O–H groups in total. The van der Waals surface area contributed by atoms with Gasteiger partial charge in [-0.05, 0) is 42.5 Å². The maximum absolute atomic E-state index is 5.72. The van der Waals surface area contributed by atoms with E-state index in [-0.39, 0.29) is 6.04 Å². The number of rotatable bonds is 4. The van der Waals surface area contributed by atoms with E-state index in [0.29, 0.717) is 0 Å². The fourth-order valence-electron chi connectivity index (χ4n) is 2.43. The molecule has 0 spiro atoms. The van der Waals surface area contributed by atoms with Crippen LogP contribution in [-0.4, -0.2) is 9.78 Å². The van der Waals surface area contributed by atoms with E-state index in [0.717, 1.165) is 6.42 Å². The first-order valence-corrected chi connectivity index (χ1v) is 6.11. The van der Waals surface area contributed by atoms with Crippen LogP contribution in [0.4, 0.5) is 0 Å². The van der Waals surface area contributed by atoms with E-state index >= 15 is 0 Å². The van der Waals surface area contributed by atoms with Crippen LogP contribution >= 0.6 is 0 Å². The van der Waals surface area contributed by atoms with Crippen molar-refractivity contribution in [2.45, 2.75) is 26.3 Å². The summed E-state index contributed by atoms with van der Waals surface area (Å²) in [5.74, 6) is 5.72. The minimum atomic E-state index is 0.121. The standard InChI is InChI=1S/C14H20N4/c1-10-5-4-6-11(2)14(10)13(17-15)7-12-8-16-18(3)9-12/h4-6,8-9,13,17H,7,15H2,1-3H3. The minimum absolute atomic E-state index is 0.121. The summed E-state index contributed by atoms with van der Waals surface area (Å²) in [5, 5.41) is 4.19. The molecule has 1 atom stereocenters. The average molecular weight is 244 g/mol. The van der Waals surface area contributed by atoms with Crippen LogP contribution in [0.2, 0.25) is 0 Å². The number of nitrogens with two attached hydrogens (primary N) is 1. The highest BCUT2D eigenvalue weighted by Crippen LogP contribution is 2.24. The first-order valence-electron chi connectivity index (χ1n) is 6.11. The molecule has 0 aliphatic carbocycles. The van der Waals surface area contributed by atoms with Gasteiger partial charge >= 0.3 is 0 Å². The molecule has 4 heteroatoms. The van der Waals surface area contributed by atoms with Crippen molar-refractivity contribution in [1.82, 2.24) is 15.2 Å². The fraction of sp³-hybridized carbons (Fsp3) is 0.357. The second-order valence-electron chi connectivity index (χ2n) is 4.75. The normalized spacial score (nSPS) is 12.7. The molecule has 0 radical (unpaired) electrons. The minimum Gasteiger partial charge on any atom is -0.276 e. The Morgan fingerprint density at radius 2 is 2.00 bits per heavy atom. The van der Waals surface area contributed by atoms with E-state index in [1.807, 2.05) is 24.1 Å². The SMILES string of the molecule is Cc1cccc(C)c1C(Cc1cnn(C)c1)NN. The van der Waals surface area contributed by atoms with Crippen molar-refractivity contribution in [3.63, 3.8) is 0 Å². The van der Waals surface area contributed by atoms with Gasteiger partial charge in [0.15, 0.2) is 0 Å². The second kappa shape index (κ2) is 5.33. The molecule has 4 nitrogen and oxygen atoms in total. The van der Waals surface area contributed by atoms with E-state index in [1.165, 1.54) is 22.3 Å². The van der Waals surface area contributed by atoms with Crippen LogP contribution in [-0.2, 0) is 13.5 Å². The summed E-state index contributed by atoms with van der Waals surface area (Å²) >= 11 is 0. The van der Waals surface area contributed by atoms with Gasteiger partial charge in [0.25, 0.3) is 0 Å². The topological polar surface area (TPSA) is 55.9 Å². The van der Waals surface area contributed by atoms with Crippen molar-refractivity contribution in [2.75, 3.05) is 0 Å². The molecule has 1 unspecified atom stereocenters. The Morgan fingerprint density at radius 1 is 1.33 bits per heavy atom. The highest BCUT2D eigenvalue weighted by atomic mass is 15.2. The Kier molecular flexibility index (Phi) is 3.79. The Labute approximate surface area is 108 Å². The molecule has 0 bridgehead atoms. The number of nitrogens with zero attached hydrogens (tertiary/aromatic N) is 2. The predicted octanol–water partition coefficient (Wildman–Crippen LogP) is 1.78. The predicted molar refractivity (Wildman–Crippen MR) is 72.9 cm³/mol. The average Bonchev–Trinajstić information content (AvgIpc) is 2.73. The smallest absolute Gasteiger partial charge is 0.0522 e. The van der Waals surface area contributed by atoms with Gasteiger partial charge in [-0.15, -0.1) is 0 Å². The number of hydrogen-bond acceptors (Lipinski definition) is 3. The quantitative estimate of drug-likeness (QED) is 0.637. The summed E-state index contributed by atoms with van der Waals surface area (Å²) in [7, 11) is 1.92. The molecule has 0 amide bonds. The highest BCUT2D eigenvalue weighted by molar-refractivity contribution is 5.37. The zero-order valence-corrected chi connectivity index (χ0v) is 11.1. The Balaban J connectivity index is 2.28. The third-order valence-electron chi connectivity index (χ3n) is 3.29. The molecule has 1 aromatic carbocycles. The fourth-order valence-corrected chi connectivity index (χ4v) is 2.43. The molecule has 2 aromatic rings. The molecule has 0 fully saturated rings. The molecule has 0 aliphatic rings. The lowest BCUT2D eigenvalue weighted by molar-refractivity contribution is 0.546. The Morgan fingerprint density at radius 3 is 2.50 bits per heavy atom. The van der Waals surface area contributed by atoms with Gasteiger partial charge in [-0.1, -0.05) is 18.2 Å². The van der Waals surface area contributed by atoms with Gasteiger partial charge in [-0.2, -0.15) is 5.10 Å². The van der Waals surface area contributed by atoms with E-state index in [1.54, 1.807) is 0 Å². The highest BCUT2D eigenvalue weighted by Gasteiger charge is 2.15. The van der Waals surface area contributed by atoms with Crippen LogP contribution in [0.5, 0.6) is 0 Å². The van der Waals surface area contributed by atoms with Gasteiger partial charge < -0.3 is 0 Å². The van der Waals surface area contributed by atoms with Crippen LogP contribution in [0.15, 0.2) is 30.6 Å². The first-order chi connectivity index (χ1) is 8.61. The maximum atomic E-state index is 5.72. The zero-order chi connectivity index (χ0) is 13.1. The summed E-state index contributed by atoms with van der Waals surface area (Å²) < 4.78 is 1.81. The van der Waals surface area contributed by atoms with Crippen LogP contribution in [0.25, 0.3) is 0 Å². The van der Waals surface area contributed by atoms with E-state index < -0.39 is 0 Å². The van der Waals surface area contributed by atoms with Crippen molar-refractivity contribution in [3.05, 3.63) is 52.8 Å². The largest absolute Gasteiger partial charge is 0.276 e. The van der Waals surface area contributed by atoms with Crippen molar-refractivity contribution in [2.24, 2.45) is 12.9 Å². The molecule has 0 saturated carbocycles. The molecule has 18 heavy (non-hydrogen) atoms. The van der Waals surface area contributed by atoms with Crippen molar-refractivity contribution >= 4 is 0 Å². The molecule has 2 rings (SSSR count). The van der Waals surface area contributed by atoms with Gasteiger partial charge in [0.1, 0.15) is 0 Å². The Hall–Kier alpha value is -1.65. The number of hydrazine groups is 1. The van der Waals surface area contributed by atoms with Crippen LogP contribution in [0.3, 0.4) is 0 Å². The number of nitrogens with one attached hydrogen (secondary N) is 1. The molecular weight excluding hydrogens is 224 g/mol. The van der Waals surface area contributed by atoms with Crippen LogP contribution in [0.1, 0.15) is 28.3 Å². The van der Waals surface area contributed by atoms with E-state index in [2.05, 4.69) is 42.6 Å². The molecule has 0 aliphatic heterocycles. The summed E-state index contributed by atoms with van der Waals surface area (Å²) in [6.07, 6.45) is 4.76. The third kappa shape index (κ3) is 2.60. The van der Waals surface area contributed by atoms with E-state index in [4.69, 9.17) is 5.84 Å². The van der Waals surface area contributed by atoms with E-state index in [9.17, 15) is 0 Å². The number of aromatic nitrogens is 2. The van der Waals surface area contributed by atoms with Gasteiger partial charge in [-0.25, -0.2) is 0 Å². The van der Waals surface area contributed by atoms with Gasteiger partial charge in [0.2, 0.25) is 0 Å². The van der Waals surface area contributed by atoms with Gasteiger partial charge in [-0.3, -0.25) is 16.0 Å². The lowest BCUT2D eigenvalue weighted by Crippen LogP contribution is -2.30. The molecule has 1 aromatic heterocycles. The maximum Gasteiger partial charge on any atom is 0.0522 e. The number of hydrogen-bond donors (Lipinski definition) is 2. The first kappa shape index (κ1) is 12.8. The third-order valence-corrected chi connectivity index (χ3v) is 3.29. The molecule has 96 valence electrons. The van der Waals surface area contributed by atoms with Crippen molar-refractivity contribution in [1.29, 1.82) is 0 Å². The summed E-state index contributed by atoms with van der Waals surface area (Å²) in [5.41, 5.74) is 7.92. The second-order valence-corrected chi connectivity index (χ2v) is 4.75. The van der Waals surface area contributed by atoms with Gasteiger partial charge in [0.05, 0.1) is 12.2 Å². The van der Waals surface area contributed by atoms with Crippen LogP contribution in [0, 0.1) is 13.8 Å². The Bertz CT molecular complexity index is 510. The number of benzene rings is 1. The lowest BCUT2D eigenvalue weighted by Gasteiger charge is -2.20. The zero-order valence-electron chi connectivity index (χ0n) is 11.1. The molecule has 0 saturated heterocycles. The van der Waals surface area contributed by atoms with Crippen molar-refractivity contribution < 1.29 is 0 Å². The monoisotopic (exact) mass is 244 g/mol. The summed E-state index contributed by atoms with van der Waals surface area (Å²) in [4.78, 5) is 0. The van der Waals surface area contributed by atoms with Crippen molar-refractivity contribution in [3.8, 4) is 0 Å². The lowest BCUT2D eigenvalue weighted by atomic mass is 9.93. The molecule has 1 heterocycles.